The van der Waals surface area contributed by atoms with Crippen LogP contribution in [0.25, 0.3) is 0 Å². The third kappa shape index (κ3) is 3.76. The summed E-state index contributed by atoms with van der Waals surface area (Å²) >= 11 is 0. The molecule has 0 radical (unpaired) electrons. The molecule has 5 nitrogen and oxygen atoms in total. The van der Waals surface area contributed by atoms with Gasteiger partial charge in [0.15, 0.2) is 11.6 Å². The van der Waals surface area contributed by atoms with E-state index in [0.717, 1.165) is 5.69 Å². The van der Waals surface area contributed by atoms with Gasteiger partial charge in [-0.1, -0.05) is 0 Å². The second kappa shape index (κ2) is 5.95. The van der Waals surface area contributed by atoms with E-state index in [-0.39, 0.29) is 5.91 Å². The predicted octanol–water partition coefficient (Wildman–Crippen LogP) is 0.877. The van der Waals surface area contributed by atoms with Gasteiger partial charge >= 0.3 is 0 Å². The van der Waals surface area contributed by atoms with E-state index < -0.39 is 0 Å². The molecule has 0 aliphatic heterocycles. The summed E-state index contributed by atoms with van der Waals surface area (Å²) in [6, 6.07) is 3.63. The summed E-state index contributed by atoms with van der Waals surface area (Å²) < 4.78 is 5.42. The van der Waals surface area contributed by atoms with E-state index in [0.29, 0.717) is 31.0 Å². The topological polar surface area (TPSA) is 77.2 Å². The maximum atomic E-state index is 10.9. The average molecular weight is 223 g/mol. The number of pyridine rings is 1. The number of amides is 1. The highest BCUT2D eigenvalue weighted by atomic mass is 16.5. The largest absolute Gasteiger partial charge is 0.490 e. The lowest BCUT2D eigenvalue weighted by Gasteiger charge is -2.08. The first kappa shape index (κ1) is 12.3. The Labute approximate surface area is 95.0 Å². The fourth-order valence-corrected chi connectivity index (χ4v) is 1.23. The fourth-order valence-electron chi connectivity index (χ4n) is 1.23. The van der Waals surface area contributed by atoms with E-state index >= 15 is 0 Å². The molecule has 0 atom stereocenters. The van der Waals surface area contributed by atoms with E-state index in [9.17, 15) is 4.79 Å². The second-order valence-electron chi connectivity index (χ2n) is 3.46. The molecule has 0 saturated carbocycles. The van der Waals surface area contributed by atoms with Gasteiger partial charge in [0.05, 0.1) is 6.61 Å². The zero-order valence-corrected chi connectivity index (χ0v) is 9.62. The molecule has 1 aromatic heterocycles. The quantitative estimate of drug-likeness (QED) is 0.726. The molecular formula is C11H17N3O2. The highest BCUT2D eigenvalue weighted by Gasteiger charge is 2.02. The number of carbonyl (C=O) groups is 1. The van der Waals surface area contributed by atoms with Crippen molar-refractivity contribution in [2.24, 2.45) is 0 Å². The first-order chi connectivity index (χ1) is 7.63. The normalized spacial score (nSPS) is 9.88. The molecule has 0 aliphatic rings. The van der Waals surface area contributed by atoms with Crippen LogP contribution in [0.2, 0.25) is 0 Å². The maximum Gasteiger partial charge on any atom is 0.219 e. The number of aromatic nitrogens is 1. The molecule has 0 aliphatic carbocycles. The first-order valence-corrected chi connectivity index (χ1v) is 5.20. The molecule has 3 N–H and O–H groups in total. The van der Waals surface area contributed by atoms with Gasteiger partial charge in [0, 0.05) is 19.2 Å². The number of nitrogens with zero attached hydrogens (tertiary/aromatic N) is 1. The molecule has 0 fully saturated rings. The standard InChI is InChI=1S/C11H17N3O2/c1-8-5-6-9(11(12)14-8)16-7-3-4-10(15)13-2/h5-6H,3-4,7H2,1-2H3,(H2,12,14)(H,13,15). The fraction of sp³-hybridized carbons (Fsp3) is 0.455. The lowest BCUT2D eigenvalue weighted by Crippen LogP contribution is -2.18. The summed E-state index contributed by atoms with van der Waals surface area (Å²) in [7, 11) is 1.62. The number of hydrogen-bond acceptors (Lipinski definition) is 4. The van der Waals surface area contributed by atoms with Crippen LogP contribution >= 0.6 is 0 Å². The third-order valence-corrected chi connectivity index (χ3v) is 2.11. The van der Waals surface area contributed by atoms with Gasteiger partial charge in [0.25, 0.3) is 0 Å². The third-order valence-electron chi connectivity index (χ3n) is 2.11. The molecule has 16 heavy (non-hydrogen) atoms. The molecule has 0 bridgehead atoms. The van der Waals surface area contributed by atoms with Gasteiger partial charge in [-0.2, -0.15) is 0 Å². The van der Waals surface area contributed by atoms with Gasteiger partial charge < -0.3 is 15.8 Å². The van der Waals surface area contributed by atoms with Gasteiger partial charge in [0.2, 0.25) is 5.91 Å². The molecular weight excluding hydrogens is 206 g/mol. The monoisotopic (exact) mass is 223 g/mol. The smallest absolute Gasteiger partial charge is 0.219 e. The van der Waals surface area contributed by atoms with Crippen LogP contribution < -0.4 is 15.8 Å². The van der Waals surface area contributed by atoms with Crippen molar-refractivity contribution in [1.82, 2.24) is 10.3 Å². The maximum absolute atomic E-state index is 10.9. The van der Waals surface area contributed by atoms with Crippen LogP contribution in [0, 0.1) is 6.92 Å². The highest BCUT2D eigenvalue weighted by molar-refractivity contribution is 5.75. The summed E-state index contributed by atoms with van der Waals surface area (Å²) in [5.74, 6) is 0.973. The molecule has 1 heterocycles. The number of aryl methyl sites for hydroxylation is 1. The number of anilines is 1. The first-order valence-electron chi connectivity index (χ1n) is 5.20. The number of nitrogens with two attached hydrogens (primary N) is 1. The van der Waals surface area contributed by atoms with Crippen LogP contribution in [0.15, 0.2) is 12.1 Å². The molecule has 0 spiro atoms. The van der Waals surface area contributed by atoms with E-state index in [1.54, 1.807) is 13.1 Å². The van der Waals surface area contributed by atoms with Crippen molar-refractivity contribution in [3.63, 3.8) is 0 Å². The van der Waals surface area contributed by atoms with Crippen molar-refractivity contribution in [3.8, 4) is 5.75 Å². The van der Waals surface area contributed by atoms with E-state index in [2.05, 4.69) is 10.3 Å². The molecule has 0 saturated heterocycles. The zero-order valence-electron chi connectivity index (χ0n) is 9.62. The summed E-state index contributed by atoms with van der Waals surface area (Å²) in [6.07, 6.45) is 1.11. The summed E-state index contributed by atoms with van der Waals surface area (Å²) in [5, 5.41) is 2.55. The molecule has 1 rings (SSSR count). The molecule has 0 aromatic carbocycles. The Morgan fingerprint density at radius 3 is 2.94 bits per heavy atom. The van der Waals surface area contributed by atoms with Crippen LogP contribution in [0.4, 0.5) is 5.82 Å². The van der Waals surface area contributed by atoms with Crippen LogP contribution in [-0.2, 0) is 4.79 Å². The number of ether oxygens (including phenoxy) is 1. The number of hydrogen-bond donors (Lipinski definition) is 2. The van der Waals surface area contributed by atoms with E-state index in [4.69, 9.17) is 10.5 Å². The van der Waals surface area contributed by atoms with Gasteiger partial charge in [-0.3, -0.25) is 4.79 Å². The second-order valence-corrected chi connectivity index (χ2v) is 3.46. The van der Waals surface area contributed by atoms with Crippen LogP contribution in [0.1, 0.15) is 18.5 Å². The Morgan fingerprint density at radius 2 is 2.31 bits per heavy atom. The van der Waals surface area contributed by atoms with Crippen molar-refractivity contribution in [1.29, 1.82) is 0 Å². The van der Waals surface area contributed by atoms with Gasteiger partial charge in [-0.15, -0.1) is 0 Å². The Bertz CT molecular complexity index is 366. The lowest BCUT2D eigenvalue weighted by atomic mass is 10.3. The molecule has 5 heteroatoms. The molecule has 0 unspecified atom stereocenters. The van der Waals surface area contributed by atoms with Gasteiger partial charge in [-0.25, -0.2) is 4.98 Å². The van der Waals surface area contributed by atoms with Crippen molar-refractivity contribution in [3.05, 3.63) is 17.8 Å². The van der Waals surface area contributed by atoms with Crippen molar-refractivity contribution in [2.75, 3.05) is 19.4 Å². The summed E-state index contributed by atoms with van der Waals surface area (Å²) in [4.78, 5) is 15.0. The predicted molar refractivity (Wildman–Crippen MR) is 62.2 cm³/mol. The number of nitrogen functional groups attached to an aromatic ring is 1. The Balaban J connectivity index is 2.35. The highest BCUT2D eigenvalue weighted by Crippen LogP contribution is 2.18. The van der Waals surface area contributed by atoms with Crippen molar-refractivity contribution in [2.45, 2.75) is 19.8 Å². The molecule has 88 valence electrons. The zero-order chi connectivity index (χ0) is 12.0. The number of nitrogens with one attached hydrogen (secondary N) is 1. The van der Waals surface area contributed by atoms with Gasteiger partial charge in [0.1, 0.15) is 0 Å². The summed E-state index contributed by atoms with van der Waals surface area (Å²) in [6.45, 7) is 2.33. The van der Waals surface area contributed by atoms with E-state index in [1.165, 1.54) is 0 Å². The number of rotatable bonds is 5. The Kier molecular flexibility index (Phi) is 4.57. The lowest BCUT2D eigenvalue weighted by molar-refractivity contribution is -0.120. The summed E-state index contributed by atoms with van der Waals surface area (Å²) in [5.41, 5.74) is 6.53. The van der Waals surface area contributed by atoms with Gasteiger partial charge in [-0.05, 0) is 25.5 Å². The minimum Gasteiger partial charge on any atom is -0.490 e. The van der Waals surface area contributed by atoms with Crippen molar-refractivity contribution < 1.29 is 9.53 Å². The Hall–Kier alpha value is -1.78. The Morgan fingerprint density at radius 1 is 1.56 bits per heavy atom. The van der Waals surface area contributed by atoms with E-state index in [1.807, 2.05) is 13.0 Å². The SMILES string of the molecule is CNC(=O)CCCOc1ccc(C)nc1N. The minimum absolute atomic E-state index is 0.0126. The van der Waals surface area contributed by atoms with Crippen LogP contribution in [-0.4, -0.2) is 24.5 Å². The van der Waals surface area contributed by atoms with Crippen LogP contribution in [0.3, 0.4) is 0 Å². The average Bonchev–Trinajstić information content (AvgIpc) is 2.26. The van der Waals surface area contributed by atoms with Crippen LogP contribution in [0.5, 0.6) is 5.75 Å². The minimum atomic E-state index is 0.0126. The molecule has 1 aromatic rings. The number of carbonyl (C=O) groups excluding carboxylic acids is 1. The van der Waals surface area contributed by atoms with Crippen molar-refractivity contribution >= 4 is 11.7 Å². The molecule has 1 amide bonds.